The van der Waals surface area contributed by atoms with Gasteiger partial charge in [-0.15, -0.1) is 0 Å². The molecule has 2 heteroatoms. The second kappa shape index (κ2) is 5.10. The lowest BCUT2D eigenvalue weighted by atomic mass is 9.85. The molecule has 2 aliphatic heterocycles. The van der Waals surface area contributed by atoms with E-state index in [0.29, 0.717) is 18.2 Å². The van der Waals surface area contributed by atoms with E-state index in [1.807, 2.05) is 0 Å². The van der Waals surface area contributed by atoms with Crippen molar-refractivity contribution in [2.45, 2.75) is 50.3 Å². The van der Waals surface area contributed by atoms with Gasteiger partial charge in [0.25, 0.3) is 0 Å². The average Bonchev–Trinajstić information content (AvgIpc) is 2.47. The molecule has 2 fully saturated rings. The summed E-state index contributed by atoms with van der Waals surface area (Å²) in [6, 6.07) is 16.3. The van der Waals surface area contributed by atoms with Crippen LogP contribution in [0.25, 0.3) is 10.8 Å². The smallest absolute Gasteiger partial charge is 0.120 e. The van der Waals surface area contributed by atoms with Crippen LogP contribution in [0.4, 0.5) is 0 Å². The van der Waals surface area contributed by atoms with Crippen molar-refractivity contribution in [2.24, 2.45) is 0 Å². The Labute approximate surface area is 120 Å². The molecular weight excluding hydrogens is 246 g/mol. The van der Waals surface area contributed by atoms with Crippen molar-refractivity contribution in [3.8, 4) is 5.75 Å². The zero-order valence-electron chi connectivity index (χ0n) is 11.7. The molecule has 1 unspecified atom stereocenters. The third-order valence-corrected chi connectivity index (χ3v) is 4.70. The zero-order chi connectivity index (χ0) is 13.4. The monoisotopic (exact) mass is 267 g/mol. The van der Waals surface area contributed by atoms with Crippen molar-refractivity contribution < 1.29 is 4.74 Å². The van der Waals surface area contributed by atoms with Crippen molar-refractivity contribution >= 4 is 10.8 Å². The molecule has 0 amide bonds. The highest BCUT2D eigenvalue weighted by atomic mass is 16.5. The molecule has 2 bridgehead atoms. The van der Waals surface area contributed by atoms with Crippen LogP contribution in [0.15, 0.2) is 42.5 Å². The summed E-state index contributed by atoms with van der Waals surface area (Å²) < 4.78 is 6.26. The first-order valence-electron chi connectivity index (χ1n) is 7.78. The van der Waals surface area contributed by atoms with E-state index in [2.05, 4.69) is 47.8 Å². The number of piperidine rings is 2. The zero-order valence-corrected chi connectivity index (χ0v) is 11.7. The minimum absolute atomic E-state index is 0.382. The Hall–Kier alpha value is -1.54. The van der Waals surface area contributed by atoms with Crippen LogP contribution in [-0.4, -0.2) is 18.2 Å². The fourth-order valence-corrected chi connectivity index (χ4v) is 3.74. The van der Waals surface area contributed by atoms with Crippen LogP contribution in [0.2, 0.25) is 0 Å². The second-order valence-electron chi connectivity index (χ2n) is 6.21. The number of ether oxygens (including phenoxy) is 1. The van der Waals surface area contributed by atoms with E-state index in [0.717, 1.165) is 18.6 Å². The highest BCUT2D eigenvalue weighted by Gasteiger charge is 2.32. The number of hydrogen-bond donors (Lipinski definition) is 1. The molecule has 0 saturated carbocycles. The molecule has 0 aromatic heterocycles. The summed E-state index contributed by atoms with van der Waals surface area (Å²) in [5, 5.41) is 6.26. The minimum Gasteiger partial charge on any atom is -0.490 e. The van der Waals surface area contributed by atoms with Crippen molar-refractivity contribution in [2.75, 3.05) is 0 Å². The van der Waals surface area contributed by atoms with Crippen LogP contribution in [0.1, 0.15) is 32.1 Å². The Kier molecular flexibility index (Phi) is 3.12. The molecule has 2 aromatic carbocycles. The molecule has 4 rings (SSSR count). The summed E-state index contributed by atoms with van der Waals surface area (Å²) in [7, 11) is 0. The highest BCUT2D eigenvalue weighted by Crippen LogP contribution is 2.29. The number of benzene rings is 2. The summed E-state index contributed by atoms with van der Waals surface area (Å²) in [5.41, 5.74) is 0. The van der Waals surface area contributed by atoms with Crippen LogP contribution in [0.5, 0.6) is 5.75 Å². The Morgan fingerprint density at radius 3 is 2.45 bits per heavy atom. The van der Waals surface area contributed by atoms with Gasteiger partial charge in [0, 0.05) is 12.1 Å². The molecule has 2 saturated heterocycles. The summed E-state index contributed by atoms with van der Waals surface area (Å²) >= 11 is 0. The average molecular weight is 267 g/mol. The lowest BCUT2D eigenvalue weighted by Crippen LogP contribution is -2.51. The molecule has 2 nitrogen and oxygen atoms in total. The van der Waals surface area contributed by atoms with Gasteiger partial charge >= 0.3 is 0 Å². The summed E-state index contributed by atoms with van der Waals surface area (Å²) in [5.74, 6) is 1.02. The van der Waals surface area contributed by atoms with Crippen molar-refractivity contribution in [1.82, 2.24) is 5.32 Å². The van der Waals surface area contributed by atoms with Gasteiger partial charge in [0.05, 0.1) is 0 Å². The Balaban J connectivity index is 1.52. The van der Waals surface area contributed by atoms with E-state index in [1.165, 1.54) is 30.0 Å². The summed E-state index contributed by atoms with van der Waals surface area (Å²) in [4.78, 5) is 0. The maximum absolute atomic E-state index is 6.26. The third-order valence-electron chi connectivity index (χ3n) is 4.70. The van der Waals surface area contributed by atoms with Crippen molar-refractivity contribution in [1.29, 1.82) is 0 Å². The van der Waals surface area contributed by atoms with E-state index >= 15 is 0 Å². The van der Waals surface area contributed by atoms with Crippen LogP contribution in [0.3, 0.4) is 0 Å². The molecule has 104 valence electrons. The number of rotatable bonds is 2. The van der Waals surface area contributed by atoms with Crippen molar-refractivity contribution in [3.05, 3.63) is 42.5 Å². The van der Waals surface area contributed by atoms with Gasteiger partial charge in [-0.25, -0.2) is 0 Å². The first-order chi connectivity index (χ1) is 9.87. The molecular formula is C18H21NO. The summed E-state index contributed by atoms with van der Waals surface area (Å²) in [6.07, 6.45) is 6.70. The normalized spacial score (nSPS) is 29.3. The van der Waals surface area contributed by atoms with Crippen LogP contribution >= 0.6 is 0 Å². The van der Waals surface area contributed by atoms with E-state index in [-0.39, 0.29) is 0 Å². The van der Waals surface area contributed by atoms with Gasteiger partial charge in [0.2, 0.25) is 0 Å². The van der Waals surface area contributed by atoms with Crippen LogP contribution < -0.4 is 10.1 Å². The molecule has 2 aromatic rings. The quantitative estimate of drug-likeness (QED) is 0.891. The molecule has 0 spiro atoms. The molecule has 2 aliphatic rings. The maximum atomic E-state index is 6.26. The summed E-state index contributed by atoms with van der Waals surface area (Å²) in [6.45, 7) is 0. The highest BCUT2D eigenvalue weighted by molar-refractivity contribution is 5.83. The van der Waals surface area contributed by atoms with Gasteiger partial charge in [0.15, 0.2) is 0 Å². The fraction of sp³-hybridized carbons (Fsp3) is 0.444. The Morgan fingerprint density at radius 1 is 0.900 bits per heavy atom. The van der Waals surface area contributed by atoms with E-state index < -0.39 is 0 Å². The minimum atomic E-state index is 0.382. The maximum Gasteiger partial charge on any atom is 0.120 e. The van der Waals surface area contributed by atoms with E-state index in [4.69, 9.17) is 4.74 Å². The van der Waals surface area contributed by atoms with Gasteiger partial charge in [-0.2, -0.15) is 0 Å². The van der Waals surface area contributed by atoms with Gasteiger partial charge < -0.3 is 10.1 Å². The lowest BCUT2D eigenvalue weighted by Gasteiger charge is -2.40. The number of hydrogen-bond acceptors (Lipinski definition) is 2. The van der Waals surface area contributed by atoms with Crippen molar-refractivity contribution in [3.63, 3.8) is 0 Å². The number of fused-ring (bicyclic) bond motifs is 3. The first-order valence-corrected chi connectivity index (χ1v) is 7.78. The predicted molar refractivity (Wildman–Crippen MR) is 82.2 cm³/mol. The van der Waals surface area contributed by atoms with Gasteiger partial charge in [-0.05, 0) is 48.6 Å². The van der Waals surface area contributed by atoms with E-state index in [1.54, 1.807) is 0 Å². The molecule has 0 radical (unpaired) electrons. The standard InChI is InChI=1S/C18H21NO/c1-2-5-14-10-17(9-8-13(14)4-1)20-18-11-15-6-3-7-16(12-18)19-15/h1-2,4-5,8-10,15-16,18-19H,3,6-7,11-12H2/t15-,16+,18?. The number of nitrogens with one attached hydrogen (secondary N) is 1. The second-order valence-corrected chi connectivity index (χ2v) is 6.21. The molecule has 20 heavy (non-hydrogen) atoms. The van der Waals surface area contributed by atoms with Gasteiger partial charge in [0.1, 0.15) is 11.9 Å². The Morgan fingerprint density at radius 2 is 1.65 bits per heavy atom. The molecule has 2 heterocycles. The SMILES string of the molecule is c1ccc2cc(OC3C[C@H]4CCC[C@@H](C3)N4)ccc2c1. The first kappa shape index (κ1) is 12.2. The Bertz CT molecular complexity index is 597. The van der Waals surface area contributed by atoms with Gasteiger partial charge in [-0.3, -0.25) is 0 Å². The van der Waals surface area contributed by atoms with Gasteiger partial charge in [-0.1, -0.05) is 36.8 Å². The fourth-order valence-electron chi connectivity index (χ4n) is 3.74. The molecule has 3 atom stereocenters. The molecule has 1 N–H and O–H groups in total. The van der Waals surface area contributed by atoms with Crippen LogP contribution in [-0.2, 0) is 0 Å². The third kappa shape index (κ3) is 2.40. The molecule has 0 aliphatic carbocycles. The predicted octanol–water partition coefficient (Wildman–Crippen LogP) is 3.89. The largest absolute Gasteiger partial charge is 0.490 e. The van der Waals surface area contributed by atoms with E-state index in [9.17, 15) is 0 Å². The lowest BCUT2D eigenvalue weighted by molar-refractivity contribution is 0.0928. The van der Waals surface area contributed by atoms with Crippen LogP contribution in [0, 0.1) is 0 Å². The topological polar surface area (TPSA) is 21.3 Å².